The van der Waals surface area contributed by atoms with Crippen molar-refractivity contribution in [2.75, 3.05) is 40.4 Å². The van der Waals surface area contributed by atoms with Crippen LogP contribution in [0.4, 0.5) is 0 Å². The summed E-state index contributed by atoms with van der Waals surface area (Å²) in [4.78, 5) is 2.43. The second-order valence-corrected chi connectivity index (χ2v) is 6.76. The van der Waals surface area contributed by atoms with Crippen LogP contribution in [-0.2, 0) is 11.3 Å². The number of rotatable bonds is 6. The zero-order valence-corrected chi connectivity index (χ0v) is 14.1. The molecule has 1 aliphatic rings. The van der Waals surface area contributed by atoms with Gasteiger partial charge < -0.3 is 15.0 Å². The average Bonchev–Trinajstić information content (AvgIpc) is 2.42. The van der Waals surface area contributed by atoms with Crippen LogP contribution in [0, 0.1) is 5.41 Å². The number of nitrogens with one attached hydrogen (secondary N) is 1. The van der Waals surface area contributed by atoms with Crippen molar-refractivity contribution in [3.05, 3.63) is 34.3 Å². The van der Waals surface area contributed by atoms with Crippen LogP contribution < -0.4 is 5.32 Å². The van der Waals surface area contributed by atoms with E-state index in [0.29, 0.717) is 5.41 Å². The highest BCUT2D eigenvalue weighted by Crippen LogP contribution is 2.31. The number of ether oxygens (including phenoxy) is 1. The molecule has 3 nitrogen and oxygen atoms in total. The molecule has 1 saturated heterocycles. The number of hydrogen-bond acceptors (Lipinski definition) is 3. The van der Waals surface area contributed by atoms with Crippen LogP contribution in [0.2, 0.25) is 0 Å². The first-order valence-corrected chi connectivity index (χ1v) is 8.09. The molecule has 4 heteroatoms. The standard InChI is InChI=1S/C16H25BrN2O/c1-18-12-16(7-9-20-10-8-16)13-19(2)11-14-5-3-4-6-15(14)17/h3-6,18H,7-13H2,1-2H3. The van der Waals surface area contributed by atoms with Gasteiger partial charge in [0.25, 0.3) is 0 Å². The third-order valence-corrected chi connectivity index (χ3v) is 4.88. The maximum Gasteiger partial charge on any atom is 0.0472 e. The lowest BCUT2D eigenvalue weighted by molar-refractivity contribution is -0.000758. The van der Waals surface area contributed by atoms with E-state index in [1.54, 1.807) is 0 Å². The summed E-state index contributed by atoms with van der Waals surface area (Å²) >= 11 is 3.64. The Morgan fingerprint density at radius 3 is 2.65 bits per heavy atom. The van der Waals surface area contributed by atoms with Gasteiger partial charge in [-0.2, -0.15) is 0 Å². The lowest BCUT2D eigenvalue weighted by Gasteiger charge is -2.40. The van der Waals surface area contributed by atoms with Crippen molar-refractivity contribution in [2.24, 2.45) is 5.41 Å². The summed E-state index contributed by atoms with van der Waals surface area (Å²) in [5, 5.41) is 3.37. The molecule has 1 aromatic rings. The summed E-state index contributed by atoms with van der Waals surface area (Å²) in [7, 11) is 4.26. The molecule has 1 aromatic carbocycles. The molecule has 112 valence electrons. The minimum atomic E-state index is 0.350. The van der Waals surface area contributed by atoms with Crippen molar-refractivity contribution in [1.82, 2.24) is 10.2 Å². The first-order chi connectivity index (χ1) is 9.65. The molecule has 0 aromatic heterocycles. The predicted octanol–water partition coefficient (Wildman–Crippen LogP) is 2.90. The van der Waals surface area contributed by atoms with Crippen LogP contribution in [0.3, 0.4) is 0 Å². The highest BCUT2D eigenvalue weighted by atomic mass is 79.9. The van der Waals surface area contributed by atoms with Crippen LogP contribution in [0.15, 0.2) is 28.7 Å². The van der Waals surface area contributed by atoms with E-state index >= 15 is 0 Å². The lowest BCUT2D eigenvalue weighted by Crippen LogP contribution is -2.45. The first kappa shape index (κ1) is 16.0. The number of nitrogens with zero attached hydrogens (tertiary/aromatic N) is 1. The summed E-state index contributed by atoms with van der Waals surface area (Å²) in [5.41, 5.74) is 1.70. The van der Waals surface area contributed by atoms with Crippen LogP contribution in [0.5, 0.6) is 0 Å². The fourth-order valence-electron chi connectivity index (χ4n) is 3.12. The van der Waals surface area contributed by atoms with E-state index in [1.165, 1.54) is 10.0 Å². The topological polar surface area (TPSA) is 24.5 Å². The van der Waals surface area contributed by atoms with Gasteiger partial charge in [0.05, 0.1) is 0 Å². The number of benzene rings is 1. The second kappa shape index (κ2) is 7.55. The molecule has 0 saturated carbocycles. The van der Waals surface area contributed by atoms with E-state index in [0.717, 1.165) is 45.7 Å². The van der Waals surface area contributed by atoms with Crippen molar-refractivity contribution in [1.29, 1.82) is 0 Å². The molecule has 0 atom stereocenters. The van der Waals surface area contributed by atoms with Gasteiger partial charge in [0, 0.05) is 37.3 Å². The minimum absolute atomic E-state index is 0.350. The molecule has 1 heterocycles. The average molecular weight is 341 g/mol. The number of halogens is 1. The van der Waals surface area contributed by atoms with Crippen molar-refractivity contribution >= 4 is 15.9 Å². The van der Waals surface area contributed by atoms with Gasteiger partial charge in [0.1, 0.15) is 0 Å². The largest absolute Gasteiger partial charge is 0.381 e. The van der Waals surface area contributed by atoms with Gasteiger partial charge >= 0.3 is 0 Å². The highest BCUT2D eigenvalue weighted by molar-refractivity contribution is 9.10. The van der Waals surface area contributed by atoms with Crippen molar-refractivity contribution in [2.45, 2.75) is 19.4 Å². The monoisotopic (exact) mass is 340 g/mol. The van der Waals surface area contributed by atoms with Crippen LogP contribution in [-0.4, -0.2) is 45.3 Å². The smallest absolute Gasteiger partial charge is 0.0472 e. The first-order valence-electron chi connectivity index (χ1n) is 7.29. The fourth-order valence-corrected chi connectivity index (χ4v) is 3.53. The van der Waals surface area contributed by atoms with Gasteiger partial charge in [0.15, 0.2) is 0 Å². The molecule has 0 amide bonds. The normalized spacial score (nSPS) is 18.4. The fraction of sp³-hybridized carbons (Fsp3) is 0.625. The van der Waals surface area contributed by atoms with Crippen LogP contribution >= 0.6 is 15.9 Å². The van der Waals surface area contributed by atoms with E-state index in [4.69, 9.17) is 4.74 Å². The summed E-state index contributed by atoms with van der Waals surface area (Å²) in [6, 6.07) is 8.47. The molecule has 0 spiro atoms. The van der Waals surface area contributed by atoms with Crippen molar-refractivity contribution in [3.8, 4) is 0 Å². The molecule has 0 unspecified atom stereocenters. The van der Waals surface area contributed by atoms with E-state index < -0.39 is 0 Å². The van der Waals surface area contributed by atoms with E-state index in [1.807, 2.05) is 7.05 Å². The van der Waals surface area contributed by atoms with Crippen molar-refractivity contribution in [3.63, 3.8) is 0 Å². The molecular weight excluding hydrogens is 316 g/mol. The molecular formula is C16H25BrN2O. The molecule has 0 bridgehead atoms. The van der Waals surface area contributed by atoms with Gasteiger partial charge in [-0.05, 0) is 44.0 Å². The van der Waals surface area contributed by atoms with Crippen LogP contribution in [0.25, 0.3) is 0 Å². The highest BCUT2D eigenvalue weighted by Gasteiger charge is 2.33. The van der Waals surface area contributed by atoms with Gasteiger partial charge in [-0.3, -0.25) is 0 Å². The molecule has 0 aliphatic carbocycles. The maximum atomic E-state index is 5.54. The van der Waals surface area contributed by atoms with E-state index in [-0.39, 0.29) is 0 Å². The molecule has 1 aliphatic heterocycles. The summed E-state index contributed by atoms with van der Waals surface area (Å²) in [6.07, 6.45) is 2.29. The Bertz CT molecular complexity index is 413. The third kappa shape index (κ3) is 4.29. The number of hydrogen-bond donors (Lipinski definition) is 1. The van der Waals surface area contributed by atoms with E-state index in [9.17, 15) is 0 Å². The molecule has 20 heavy (non-hydrogen) atoms. The zero-order valence-electron chi connectivity index (χ0n) is 12.5. The van der Waals surface area contributed by atoms with E-state index in [2.05, 4.69) is 57.5 Å². The SMILES string of the molecule is CNCC1(CN(C)Cc2ccccc2Br)CCOCC1. The summed E-state index contributed by atoms with van der Waals surface area (Å²) in [5.74, 6) is 0. The molecule has 1 N–H and O–H groups in total. The van der Waals surface area contributed by atoms with Gasteiger partial charge in [-0.25, -0.2) is 0 Å². The molecule has 0 radical (unpaired) electrons. The Kier molecular flexibility index (Phi) is 6.02. The maximum absolute atomic E-state index is 5.54. The van der Waals surface area contributed by atoms with Gasteiger partial charge in [-0.1, -0.05) is 34.1 Å². The Balaban J connectivity index is 1.98. The Hall–Kier alpha value is -0.420. The predicted molar refractivity (Wildman–Crippen MR) is 86.9 cm³/mol. The van der Waals surface area contributed by atoms with Gasteiger partial charge in [-0.15, -0.1) is 0 Å². The molecule has 1 fully saturated rings. The summed E-state index contributed by atoms with van der Waals surface area (Å²) < 4.78 is 6.73. The van der Waals surface area contributed by atoms with Crippen LogP contribution in [0.1, 0.15) is 18.4 Å². The Morgan fingerprint density at radius 1 is 1.30 bits per heavy atom. The third-order valence-electron chi connectivity index (χ3n) is 4.11. The second-order valence-electron chi connectivity index (χ2n) is 5.91. The van der Waals surface area contributed by atoms with Crippen molar-refractivity contribution < 1.29 is 4.74 Å². The summed E-state index contributed by atoms with van der Waals surface area (Å²) in [6.45, 7) is 4.94. The zero-order chi connectivity index (χ0) is 14.4. The minimum Gasteiger partial charge on any atom is -0.381 e. The quantitative estimate of drug-likeness (QED) is 0.861. The Labute approximate surface area is 130 Å². The lowest BCUT2D eigenvalue weighted by atomic mass is 9.79. The van der Waals surface area contributed by atoms with Gasteiger partial charge in [0.2, 0.25) is 0 Å². The molecule has 2 rings (SSSR count). The Morgan fingerprint density at radius 2 is 2.00 bits per heavy atom.